The van der Waals surface area contributed by atoms with Crippen molar-refractivity contribution >= 4 is 5.91 Å². The zero-order valence-corrected chi connectivity index (χ0v) is 18.6. The van der Waals surface area contributed by atoms with E-state index in [9.17, 15) is 4.79 Å². The largest absolute Gasteiger partial charge is 0.497 e. The van der Waals surface area contributed by atoms with Crippen LogP contribution < -0.4 is 4.74 Å². The second kappa shape index (κ2) is 10.5. The topological polar surface area (TPSA) is 66.7 Å². The molecule has 0 saturated carbocycles. The molecule has 2 heterocycles. The quantitative estimate of drug-likeness (QED) is 0.621. The van der Waals surface area contributed by atoms with Gasteiger partial charge in [-0.25, -0.2) is 0 Å². The lowest BCUT2D eigenvalue weighted by Gasteiger charge is -2.31. The maximum absolute atomic E-state index is 12.6. The number of carbonyl (C=O) groups excluding carboxylic acids is 1. The van der Waals surface area contributed by atoms with E-state index in [1.165, 1.54) is 5.56 Å². The predicted octanol–water partition coefficient (Wildman–Crippen LogP) is 1.63. The molecule has 2 aromatic rings. The number of amides is 1. The number of hydrogen-bond donors (Lipinski definition) is 0. The summed E-state index contributed by atoms with van der Waals surface area (Å²) in [6.45, 7) is 7.11. The number of aromatic nitrogens is 3. The van der Waals surface area contributed by atoms with Crippen molar-refractivity contribution in [3.05, 3.63) is 41.7 Å². The zero-order valence-electron chi connectivity index (χ0n) is 18.6. The van der Waals surface area contributed by atoms with E-state index < -0.39 is 0 Å². The van der Waals surface area contributed by atoms with Crippen LogP contribution in [0.4, 0.5) is 0 Å². The zero-order chi connectivity index (χ0) is 21.5. The van der Waals surface area contributed by atoms with Crippen LogP contribution in [0.5, 0.6) is 5.75 Å². The van der Waals surface area contributed by atoms with E-state index in [0.717, 1.165) is 51.3 Å². The van der Waals surface area contributed by atoms with Crippen LogP contribution >= 0.6 is 0 Å². The van der Waals surface area contributed by atoms with E-state index in [0.29, 0.717) is 18.3 Å². The lowest BCUT2D eigenvalue weighted by Crippen LogP contribution is -2.47. The Morgan fingerprint density at radius 1 is 1.20 bits per heavy atom. The average molecular weight is 415 g/mol. The van der Waals surface area contributed by atoms with Crippen LogP contribution in [0.15, 0.2) is 30.5 Å². The van der Waals surface area contributed by atoms with Crippen molar-refractivity contribution in [2.45, 2.75) is 32.4 Å². The first-order chi connectivity index (χ1) is 14.5. The number of benzene rings is 1. The molecule has 164 valence electrons. The third kappa shape index (κ3) is 6.03. The molecule has 1 aliphatic rings. The Labute approximate surface area is 179 Å². The Balaban J connectivity index is 1.42. The molecule has 1 aromatic carbocycles. The first-order valence-electron chi connectivity index (χ1n) is 10.7. The van der Waals surface area contributed by atoms with Crippen LogP contribution in [-0.2, 0) is 13.0 Å². The minimum Gasteiger partial charge on any atom is -0.497 e. The number of carbonyl (C=O) groups is 1. The van der Waals surface area contributed by atoms with E-state index in [1.54, 1.807) is 18.0 Å². The number of likely N-dealkylation sites (N-methyl/N-ethyl adjacent to an activating group) is 2. The lowest BCUT2D eigenvalue weighted by atomic mass is 10.1. The van der Waals surface area contributed by atoms with Gasteiger partial charge >= 0.3 is 0 Å². The van der Waals surface area contributed by atoms with Crippen LogP contribution in [0.25, 0.3) is 0 Å². The van der Waals surface area contributed by atoms with Crippen LogP contribution in [0.3, 0.4) is 0 Å². The van der Waals surface area contributed by atoms with Gasteiger partial charge in [0.2, 0.25) is 0 Å². The molecule has 0 bridgehead atoms. The van der Waals surface area contributed by atoms with E-state index in [-0.39, 0.29) is 5.91 Å². The Hall–Kier alpha value is -2.45. The Morgan fingerprint density at radius 3 is 2.57 bits per heavy atom. The van der Waals surface area contributed by atoms with Crippen LogP contribution in [0.1, 0.15) is 29.4 Å². The molecule has 1 atom stereocenters. The fraction of sp³-hybridized carbons (Fsp3) is 0.591. The van der Waals surface area contributed by atoms with Gasteiger partial charge in [-0.1, -0.05) is 17.3 Å². The van der Waals surface area contributed by atoms with Crippen molar-refractivity contribution in [3.63, 3.8) is 0 Å². The average Bonchev–Trinajstić information content (AvgIpc) is 3.25. The maximum Gasteiger partial charge on any atom is 0.276 e. The van der Waals surface area contributed by atoms with E-state index in [2.05, 4.69) is 53.3 Å². The molecule has 8 heteroatoms. The highest BCUT2D eigenvalue weighted by Gasteiger charge is 2.22. The van der Waals surface area contributed by atoms with Gasteiger partial charge in [-0.2, -0.15) is 0 Å². The van der Waals surface area contributed by atoms with Gasteiger partial charge in [0.05, 0.1) is 19.9 Å². The summed E-state index contributed by atoms with van der Waals surface area (Å²) in [5, 5.41) is 8.26. The molecule has 1 amide bonds. The molecule has 1 fully saturated rings. The molecule has 0 spiro atoms. The first-order valence-corrected chi connectivity index (χ1v) is 10.7. The Morgan fingerprint density at radius 2 is 1.90 bits per heavy atom. The van der Waals surface area contributed by atoms with Crippen molar-refractivity contribution in [1.82, 2.24) is 29.7 Å². The van der Waals surface area contributed by atoms with E-state index in [4.69, 9.17) is 4.74 Å². The first kappa shape index (κ1) is 22.2. The number of aryl methyl sites for hydroxylation is 1. The third-order valence-electron chi connectivity index (χ3n) is 5.99. The van der Waals surface area contributed by atoms with E-state index >= 15 is 0 Å². The molecule has 1 unspecified atom stereocenters. The second-order valence-corrected chi connectivity index (χ2v) is 8.18. The fourth-order valence-corrected chi connectivity index (χ4v) is 3.55. The minimum atomic E-state index is -0.0180. The highest BCUT2D eigenvalue weighted by atomic mass is 16.5. The van der Waals surface area contributed by atoms with E-state index in [1.807, 2.05) is 17.0 Å². The standard InChI is InChI=1S/C22H34N6O2/c1-18(5-6-19-7-9-20(30-4)10-8-19)26(3)13-16-28-17-21(23-24-28)22(29)27-14-11-25(2)12-15-27/h7-10,17-18H,5-6,11-16H2,1-4H3. The highest BCUT2D eigenvalue weighted by molar-refractivity contribution is 5.92. The number of rotatable bonds is 9. The van der Waals surface area contributed by atoms with Crippen LogP contribution in [0.2, 0.25) is 0 Å². The monoisotopic (exact) mass is 414 g/mol. The third-order valence-corrected chi connectivity index (χ3v) is 5.99. The van der Waals surface area contributed by atoms with Crippen LogP contribution in [0, 0.1) is 0 Å². The molecule has 0 radical (unpaired) electrons. The van der Waals surface area contributed by atoms with Gasteiger partial charge in [-0.3, -0.25) is 9.48 Å². The maximum atomic E-state index is 12.6. The van der Waals surface area contributed by atoms with Crippen molar-refractivity contribution in [1.29, 1.82) is 0 Å². The second-order valence-electron chi connectivity index (χ2n) is 8.18. The summed E-state index contributed by atoms with van der Waals surface area (Å²) in [4.78, 5) is 19.0. The smallest absolute Gasteiger partial charge is 0.276 e. The number of nitrogens with zero attached hydrogens (tertiary/aromatic N) is 6. The summed E-state index contributed by atoms with van der Waals surface area (Å²) >= 11 is 0. The molecule has 3 rings (SSSR count). The summed E-state index contributed by atoms with van der Waals surface area (Å²) in [7, 11) is 5.89. The minimum absolute atomic E-state index is 0.0180. The number of piperazine rings is 1. The molecule has 0 N–H and O–H groups in total. The molecule has 1 aromatic heterocycles. The van der Waals surface area contributed by atoms with Gasteiger partial charge < -0.3 is 19.4 Å². The van der Waals surface area contributed by atoms with Gasteiger partial charge in [0.1, 0.15) is 5.75 Å². The van der Waals surface area contributed by atoms with Crippen molar-refractivity contribution in [3.8, 4) is 5.75 Å². The number of ether oxygens (including phenoxy) is 1. The molecular formula is C22H34N6O2. The summed E-state index contributed by atoms with van der Waals surface area (Å²) in [6, 6.07) is 8.71. The predicted molar refractivity (Wildman–Crippen MR) is 117 cm³/mol. The van der Waals surface area contributed by atoms with Gasteiger partial charge in [0.25, 0.3) is 5.91 Å². The molecule has 1 saturated heterocycles. The van der Waals surface area contributed by atoms with Crippen LogP contribution in [-0.4, -0.2) is 95.6 Å². The van der Waals surface area contributed by atoms with Gasteiger partial charge in [0.15, 0.2) is 5.69 Å². The summed E-state index contributed by atoms with van der Waals surface area (Å²) in [5.41, 5.74) is 1.76. The summed E-state index contributed by atoms with van der Waals surface area (Å²) in [6.07, 6.45) is 3.88. The lowest BCUT2D eigenvalue weighted by molar-refractivity contribution is 0.0658. The molecule has 30 heavy (non-hydrogen) atoms. The SMILES string of the molecule is COc1ccc(CCC(C)N(C)CCn2cc(C(=O)N3CCN(C)CC3)nn2)cc1. The van der Waals surface area contributed by atoms with Gasteiger partial charge in [0, 0.05) is 38.8 Å². The Kier molecular flexibility index (Phi) is 7.81. The highest BCUT2D eigenvalue weighted by Crippen LogP contribution is 2.14. The normalized spacial score (nSPS) is 16.1. The summed E-state index contributed by atoms with van der Waals surface area (Å²) < 4.78 is 6.99. The van der Waals surface area contributed by atoms with Gasteiger partial charge in [-0.05, 0) is 51.6 Å². The number of methoxy groups -OCH3 is 1. The molecule has 1 aliphatic heterocycles. The molecule has 0 aliphatic carbocycles. The summed E-state index contributed by atoms with van der Waals surface area (Å²) in [5.74, 6) is 0.873. The number of hydrogen-bond acceptors (Lipinski definition) is 6. The van der Waals surface area contributed by atoms with Crippen molar-refractivity contribution in [2.24, 2.45) is 0 Å². The van der Waals surface area contributed by atoms with Crippen molar-refractivity contribution in [2.75, 3.05) is 53.9 Å². The Bertz CT molecular complexity index is 798. The van der Waals surface area contributed by atoms with Gasteiger partial charge in [-0.15, -0.1) is 5.10 Å². The molecular weight excluding hydrogens is 380 g/mol. The fourth-order valence-electron chi connectivity index (χ4n) is 3.55. The van der Waals surface area contributed by atoms with Crippen molar-refractivity contribution < 1.29 is 9.53 Å². The molecule has 8 nitrogen and oxygen atoms in total.